The van der Waals surface area contributed by atoms with E-state index in [4.69, 9.17) is 9.47 Å². The molecule has 0 saturated carbocycles. The summed E-state index contributed by atoms with van der Waals surface area (Å²) >= 11 is 0. The van der Waals surface area contributed by atoms with Crippen LogP contribution in [0.3, 0.4) is 0 Å². The molecule has 0 amide bonds. The van der Waals surface area contributed by atoms with Crippen LogP contribution in [0.2, 0.25) is 0 Å². The monoisotopic (exact) mass is 355 g/mol. The average Bonchev–Trinajstić information content (AvgIpc) is 2.69. The molecule has 1 fully saturated rings. The Labute approximate surface area is 154 Å². The summed E-state index contributed by atoms with van der Waals surface area (Å²) in [4.78, 5) is 2.53. The van der Waals surface area contributed by atoms with E-state index < -0.39 is 0 Å². The highest BCUT2D eigenvalue weighted by atomic mass is 19.1. The quantitative estimate of drug-likeness (QED) is 0.795. The van der Waals surface area contributed by atoms with Gasteiger partial charge in [0, 0.05) is 19.0 Å². The van der Waals surface area contributed by atoms with Crippen molar-refractivity contribution in [3.63, 3.8) is 0 Å². The van der Waals surface area contributed by atoms with Gasteiger partial charge in [-0.05, 0) is 61.2 Å². The van der Waals surface area contributed by atoms with Gasteiger partial charge in [-0.3, -0.25) is 0 Å². The third kappa shape index (κ3) is 4.25. The van der Waals surface area contributed by atoms with Crippen LogP contribution in [0.1, 0.15) is 36.3 Å². The number of benzene rings is 2. The van der Waals surface area contributed by atoms with Crippen LogP contribution < -0.4 is 4.74 Å². The third-order valence-corrected chi connectivity index (χ3v) is 5.52. The van der Waals surface area contributed by atoms with Crippen LogP contribution in [0.15, 0.2) is 48.5 Å². The van der Waals surface area contributed by atoms with E-state index in [9.17, 15) is 4.39 Å². The summed E-state index contributed by atoms with van der Waals surface area (Å²) in [5, 5.41) is 0. The van der Waals surface area contributed by atoms with Crippen molar-refractivity contribution >= 4 is 0 Å². The minimum atomic E-state index is -0.222. The van der Waals surface area contributed by atoms with Crippen LogP contribution in [0, 0.1) is 5.82 Å². The SMILES string of the molecule is Fc1ccc(OC2CCN(CCC3COCc4ccccc43)CC2)cc1. The van der Waals surface area contributed by atoms with E-state index in [-0.39, 0.29) is 11.9 Å². The average molecular weight is 355 g/mol. The molecule has 0 spiro atoms. The number of piperidine rings is 1. The maximum absolute atomic E-state index is 13.0. The molecule has 1 saturated heterocycles. The lowest BCUT2D eigenvalue weighted by molar-refractivity contribution is 0.0748. The molecule has 0 aliphatic carbocycles. The number of ether oxygens (including phenoxy) is 2. The standard InChI is InChI=1S/C22H26FNO2/c23-19-5-7-20(8-6-19)26-21-10-13-24(14-11-21)12-9-18-16-25-15-17-3-1-2-4-22(17)18/h1-8,18,21H,9-16H2. The third-order valence-electron chi connectivity index (χ3n) is 5.52. The summed E-state index contributed by atoms with van der Waals surface area (Å²) in [5.41, 5.74) is 2.81. The summed E-state index contributed by atoms with van der Waals surface area (Å²) in [6.07, 6.45) is 3.42. The molecule has 0 aromatic heterocycles. The highest BCUT2D eigenvalue weighted by Crippen LogP contribution is 2.29. The summed E-state index contributed by atoms with van der Waals surface area (Å²) in [6.45, 7) is 4.80. The lowest BCUT2D eigenvalue weighted by Gasteiger charge is -2.34. The Hall–Kier alpha value is -1.91. The van der Waals surface area contributed by atoms with Gasteiger partial charge in [-0.25, -0.2) is 4.39 Å². The molecular formula is C22H26FNO2. The van der Waals surface area contributed by atoms with Crippen LogP contribution in [0.4, 0.5) is 4.39 Å². The van der Waals surface area contributed by atoms with Crippen molar-refractivity contribution in [3.05, 3.63) is 65.5 Å². The van der Waals surface area contributed by atoms with E-state index >= 15 is 0 Å². The molecule has 4 rings (SSSR count). The van der Waals surface area contributed by atoms with Crippen molar-refractivity contribution in [1.29, 1.82) is 0 Å². The summed E-state index contributed by atoms with van der Waals surface area (Å²) in [7, 11) is 0. The summed E-state index contributed by atoms with van der Waals surface area (Å²) in [5.74, 6) is 1.05. The number of hydrogen-bond donors (Lipinski definition) is 0. The van der Waals surface area contributed by atoms with Gasteiger partial charge in [0.05, 0.1) is 13.2 Å². The Morgan fingerprint density at radius 2 is 1.81 bits per heavy atom. The van der Waals surface area contributed by atoms with Crippen LogP contribution in [-0.2, 0) is 11.3 Å². The second-order valence-corrected chi connectivity index (χ2v) is 7.31. The zero-order valence-electron chi connectivity index (χ0n) is 15.1. The van der Waals surface area contributed by atoms with Crippen molar-refractivity contribution in [2.24, 2.45) is 0 Å². The second-order valence-electron chi connectivity index (χ2n) is 7.31. The van der Waals surface area contributed by atoms with Crippen LogP contribution in [0.25, 0.3) is 0 Å². The predicted octanol–water partition coefficient (Wildman–Crippen LogP) is 4.37. The van der Waals surface area contributed by atoms with E-state index in [1.807, 2.05) is 0 Å². The Bertz CT molecular complexity index is 710. The molecular weight excluding hydrogens is 329 g/mol. The maximum Gasteiger partial charge on any atom is 0.123 e. The van der Waals surface area contributed by atoms with E-state index in [0.29, 0.717) is 5.92 Å². The molecule has 0 bridgehead atoms. The smallest absolute Gasteiger partial charge is 0.123 e. The van der Waals surface area contributed by atoms with Gasteiger partial charge in [0.15, 0.2) is 0 Å². The Morgan fingerprint density at radius 1 is 1.04 bits per heavy atom. The largest absolute Gasteiger partial charge is 0.490 e. The zero-order chi connectivity index (χ0) is 17.8. The lowest BCUT2D eigenvalue weighted by atomic mass is 9.90. The Balaban J connectivity index is 1.24. The van der Waals surface area contributed by atoms with E-state index in [1.165, 1.54) is 23.3 Å². The number of rotatable bonds is 5. The Kier molecular flexibility index (Phi) is 5.51. The molecule has 2 aliphatic rings. The van der Waals surface area contributed by atoms with Crippen molar-refractivity contribution < 1.29 is 13.9 Å². The molecule has 26 heavy (non-hydrogen) atoms. The molecule has 4 heteroatoms. The first-order valence-corrected chi connectivity index (χ1v) is 9.58. The van der Waals surface area contributed by atoms with Gasteiger partial charge in [-0.1, -0.05) is 24.3 Å². The molecule has 3 nitrogen and oxygen atoms in total. The molecule has 2 aliphatic heterocycles. The fourth-order valence-electron chi connectivity index (χ4n) is 4.00. The summed E-state index contributed by atoms with van der Waals surface area (Å²) in [6, 6.07) is 15.0. The van der Waals surface area contributed by atoms with Gasteiger partial charge < -0.3 is 14.4 Å². The fraction of sp³-hybridized carbons (Fsp3) is 0.455. The Morgan fingerprint density at radius 3 is 2.62 bits per heavy atom. The van der Waals surface area contributed by atoms with Crippen molar-refractivity contribution in [2.75, 3.05) is 26.2 Å². The molecule has 2 aromatic rings. The summed E-state index contributed by atoms with van der Waals surface area (Å²) < 4.78 is 24.7. The molecule has 138 valence electrons. The predicted molar refractivity (Wildman–Crippen MR) is 99.9 cm³/mol. The van der Waals surface area contributed by atoms with Crippen LogP contribution in [0.5, 0.6) is 5.75 Å². The van der Waals surface area contributed by atoms with Crippen LogP contribution >= 0.6 is 0 Å². The van der Waals surface area contributed by atoms with Gasteiger partial charge in [0.25, 0.3) is 0 Å². The normalized spacial score (nSPS) is 21.3. The number of nitrogens with zero attached hydrogens (tertiary/aromatic N) is 1. The highest BCUT2D eigenvalue weighted by molar-refractivity contribution is 5.31. The van der Waals surface area contributed by atoms with Gasteiger partial charge in [0.2, 0.25) is 0 Å². The molecule has 2 heterocycles. The molecule has 2 aromatic carbocycles. The minimum Gasteiger partial charge on any atom is -0.490 e. The van der Waals surface area contributed by atoms with Gasteiger partial charge in [0.1, 0.15) is 17.7 Å². The van der Waals surface area contributed by atoms with Crippen molar-refractivity contribution in [1.82, 2.24) is 4.90 Å². The molecule has 1 atom stereocenters. The highest BCUT2D eigenvalue weighted by Gasteiger charge is 2.24. The number of halogens is 1. The molecule has 1 unspecified atom stereocenters. The topological polar surface area (TPSA) is 21.7 Å². The second kappa shape index (κ2) is 8.19. The van der Waals surface area contributed by atoms with E-state index in [2.05, 4.69) is 29.2 Å². The number of hydrogen-bond acceptors (Lipinski definition) is 3. The number of likely N-dealkylation sites (tertiary alicyclic amines) is 1. The molecule has 0 N–H and O–H groups in total. The van der Waals surface area contributed by atoms with Gasteiger partial charge >= 0.3 is 0 Å². The first kappa shape index (κ1) is 17.5. The zero-order valence-corrected chi connectivity index (χ0v) is 15.1. The number of fused-ring (bicyclic) bond motifs is 1. The first-order chi connectivity index (χ1) is 12.8. The fourth-order valence-corrected chi connectivity index (χ4v) is 4.00. The molecule has 0 radical (unpaired) electrons. The van der Waals surface area contributed by atoms with Crippen molar-refractivity contribution in [3.8, 4) is 5.75 Å². The lowest BCUT2D eigenvalue weighted by Crippen LogP contribution is -2.39. The first-order valence-electron chi connectivity index (χ1n) is 9.58. The van der Waals surface area contributed by atoms with Gasteiger partial charge in [-0.15, -0.1) is 0 Å². The van der Waals surface area contributed by atoms with Crippen molar-refractivity contribution in [2.45, 2.75) is 37.9 Å². The van der Waals surface area contributed by atoms with E-state index in [0.717, 1.165) is 57.9 Å². The van der Waals surface area contributed by atoms with Crippen LogP contribution in [-0.4, -0.2) is 37.2 Å². The minimum absolute atomic E-state index is 0.222. The maximum atomic E-state index is 13.0. The van der Waals surface area contributed by atoms with Gasteiger partial charge in [-0.2, -0.15) is 0 Å². The van der Waals surface area contributed by atoms with E-state index in [1.54, 1.807) is 12.1 Å².